The van der Waals surface area contributed by atoms with Crippen molar-refractivity contribution in [1.82, 2.24) is 0 Å². The summed E-state index contributed by atoms with van der Waals surface area (Å²) in [4.78, 5) is 0. The van der Waals surface area contributed by atoms with E-state index in [0.29, 0.717) is 0 Å². The number of benzene rings is 2. The van der Waals surface area contributed by atoms with Crippen LogP contribution in [0.3, 0.4) is 0 Å². The van der Waals surface area contributed by atoms with E-state index < -0.39 is 8.32 Å². The van der Waals surface area contributed by atoms with Crippen molar-refractivity contribution in [3.8, 4) is 0 Å². The molecule has 0 radical (unpaired) electrons. The largest absolute Gasteiger partial charge is 0.547 e. The van der Waals surface area contributed by atoms with Gasteiger partial charge in [0.1, 0.15) is 0 Å². The molecule has 104 valence electrons. The Balaban J connectivity index is 2.23. The van der Waals surface area contributed by atoms with Gasteiger partial charge in [0.2, 0.25) is 8.32 Å². The molecule has 2 aromatic rings. The maximum Gasteiger partial charge on any atom is 0.241 e. The van der Waals surface area contributed by atoms with Gasteiger partial charge in [-0.25, -0.2) is 0 Å². The average Bonchev–Trinajstić information content (AvgIpc) is 2.39. The first-order valence-corrected chi connectivity index (χ1v) is 10.4. The van der Waals surface area contributed by atoms with Crippen LogP contribution < -0.4 is 0 Å². The Morgan fingerprint density at radius 1 is 0.900 bits per heavy atom. The Kier molecular flexibility index (Phi) is 4.80. The second-order valence-electron chi connectivity index (χ2n) is 5.90. The highest BCUT2D eigenvalue weighted by Crippen LogP contribution is 2.18. The molecule has 0 atom stereocenters. The van der Waals surface area contributed by atoms with Gasteiger partial charge in [-0.1, -0.05) is 60.7 Å². The Morgan fingerprint density at radius 3 is 2.00 bits per heavy atom. The first-order valence-electron chi connectivity index (χ1n) is 7.01. The van der Waals surface area contributed by atoms with E-state index in [2.05, 4.69) is 74.2 Å². The summed E-state index contributed by atoms with van der Waals surface area (Å²) in [6, 6.07) is 20.8. The minimum atomic E-state index is -1.60. The summed E-state index contributed by atoms with van der Waals surface area (Å²) in [5.41, 5.74) is 2.48. The molecule has 0 amide bonds. The van der Waals surface area contributed by atoms with Gasteiger partial charge < -0.3 is 4.43 Å². The highest BCUT2D eigenvalue weighted by Gasteiger charge is 2.17. The van der Waals surface area contributed by atoms with E-state index in [1.54, 1.807) is 0 Å². The highest BCUT2D eigenvalue weighted by atomic mass is 28.4. The van der Waals surface area contributed by atoms with E-state index in [-0.39, 0.29) is 0 Å². The van der Waals surface area contributed by atoms with Crippen molar-refractivity contribution in [2.24, 2.45) is 0 Å². The third-order valence-electron chi connectivity index (χ3n) is 2.79. The Labute approximate surface area is 123 Å². The topological polar surface area (TPSA) is 9.23 Å². The van der Waals surface area contributed by atoms with Gasteiger partial charge in [0.15, 0.2) is 0 Å². The van der Waals surface area contributed by atoms with Crippen LogP contribution in [-0.4, -0.2) is 8.32 Å². The Hall–Kier alpha value is -1.80. The SMILES string of the molecule is C[Si](C)(C)O/C(=C/c1ccccc1)Cc1ccccc1. The van der Waals surface area contributed by atoms with Crippen molar-refractivity contribution in [2.75, 3.05) is 0 Å². The van der Waals surface area contributed by atoms with Crippen molar-refractivity contribution < 1.29 is 4.43 Å². The molecule has 0 aromatic heterocycles. The number of rotatable bonds is 5. The zero-order valence-electron chi connectivity index (χ0n) is 12.5. The molecule has 0 aliphatic heterocycles. The lowest BCUT2D eigenvalue weighted by atomic mass is 10.1. The fourth-order valence-corrected chi connectivity index (χ4v) is 2.96. The number of hydrogen-bond donors (Lipinski definition) is 0. The quantitative estimate of drug-likeness (QED) is 0.546. The fraction of sp³-hybridized carbons (Fsp3) is 0.222. The van der Waals surface area contributed by atoms with E-state index >= 15 is 0 Å². The van der Waals surface area contributed by atoms with Crippen LogP contribution in [-0.2, 0) is 10.8 Å². The van der Waals surface area contributed by atoms with Crippen molar-refractivity contribution in [3.05, 3.63) is 77.5 Å². The van der Waals surface area contributed by atoms with Gasteiger partial charge in [-0.2, -0.15) is 0 Å². The van der Waals surface area contributed by atoms with E-state index in [1.807, 2.05) is 12.1 Å². The van der Waals surface area contributed by atoms with Crippen molar-refractivity contribution >= 4 is 14.4 Å². The van der Waals surface area contributed by atoms with Crippen LogP contribution in [0, 0.1) is 0 Å². The molecular formula is C18H22OSi. The third kappa shape index (κ3) is 5.06. The minimum Gasteiger partial charge on any atom is -0.547 e. The smallest absolute Gasteiger partial charge is 0.241 e. The van der Waals surface area contributed by atoms with E-state index in [4.69, 9.17) is 4.43 Å². The van der Waals surface area contributed by atoms with Crippen LogP contribution in [0.15, 0.2) is 66.4 Å². The molecule has 2 aromatic carbocycles. The van der Waals surface area contributed by atoms with Crippen LogP contribution >= 0.6 is 0 Å². The van der Waals surface area contributed by atoms with E-state index in [1.165, 1.54) is 11.1 Å². The lowest BCUT2D eigenvalue weighted by molar-refractivity contribution is 0.415. The monoisotopic (exact) mass is 282 g/mol. The van der Waals surface area contributed by atoms with Crippen LogP contribution in [0.1, 0.15) is 11.1 Å². The van der Waals surface area contributed by atoms with Crippen LogP contribution in [0.4, 0.5) is 0 Å². The lowest BCUT2D eigenvalue weighted by Crippen LogP contribution is -2.25. The molecule has 2 heteroatoms. The Bertz CT molecular complexity index is 553. The maximum atomic E-state index is 6.25. The highest BCUT2D eigenvalue weighted by molar-refractivity contribution is 6.70. The molecule has 0 fully saturated rings. The molecule has 0 aliphatic rings. The first kappa shape index (κ1) is 14.6. The molecule has 0 aliphatic carbocycles. The van der Waals surface area contributed by atoms with Crippen molar-refractivity contribution in [2.45, 2.75) is 26.1 Å². The van der Waals surface area contributed by atoms with E-state index in [9.17, 15) is 0 Å². The maximum absolute atomic E-state index is 6.25. The third-order valence-corrected chi connectivity index (χ3v) is 3.66. The number of allylic oxidation sites excluding steroid dienone is 1. The van der Waals surface area contributed by atoms with Gasteiger partial charge in [0.25, 0.3) is 0 Å². The van der Waals surface area contributed by atoms with Crippen LogP contribution in [0.25, 0.3) is 6.08 Å². The first-order chi connectivity index (χ1) is 9.53. The summed E-state index contributed by atoms with van der Waals surface area (Å²) in [5.74, 6) is 1.06. The van der Waals surface area contributed by atoms with Crippen LogP contribution in [0.5, 0.6) is 0 Å². The van der Waals surface area contributed by atoms with Gasteiger partial charge in [0.05, 0.1) is 5.76 Å². The molecule has 0 unspecified atom stereocenters. The lowest BCUT2D eigenvalue weighted by Gasteiger charge is -2.22. The zero-order chi connectivity index (χ0) is 14.4. The molecule has 2 rings (SSSR count). The predicted molar refractivity (Wildman–Crippen MR) is 89.0 cm³/mol. The van der Waals surface area contributed by atoms with Crippen molar-refractivity contribution in [1.29, 1.82) is 0 Å². The van der Waals surface area contributed by atoms with Crippen LogP contribution in [0.2, 0.25) is 19.6 Å². The van der Waals surface area contributed by atoms with Gasteiger partial charge in [-0.15, -0.1) is 0 Å². The standard InChI is InChI=1S/C18H22OSi/c1-20(2,3)19-18(14-16-10-6-4-7-11-16)15-17-12-8-5-9-13-17/h4-14H,15H2,1-3H3/b18-14+. The fourth-order valence-electron chi connectivity index (χ4n) is 2.04. The predicted octanol–water partition coefficient (Wildman–Crippen LogP) is 5.12. The summed E-state index contributed by atoms with van der Waals surface area (Å²) in [6.07, 6.45) is 3.01. The van der Waals surface area contributed by atoms with Gasteiger partial charge >= 0.3 is 0 Å². The van der Waals surface area contributed by atoms with E-state index in [0.717, 1.165) is 12.2 Å². The second kappa shape index (κ2) is 6.57. The Morgan fingerprint density at radius 2 is 1.45 bits per heavy atom. The molecule has 20 heavy (non-hydrogen) atoms. The summed E-state index contributed by atoms with van der Waals surface area (Å²) >= 11 is 0. The zero-order valence-corrected chi connectivity index (χ0v) is 13.5. The number of hydrogen-bond acceptors (Lipinski definition) is 1. The molecule has 0 spiro atoms. The average molecular weight is 282 g/mol. The summed E-state index contributed by atoms with van der Waals surface area (Å²) in [6.45, 7) is 6.66. The van der Waals surface area contributed by atoms with Crippen molar-refractivity contribution in [3.63, 3.8) is 0 Å². The summed E-state index contributed by atoms with van der Waals surface area (Å²) < 4.78 is 6.25. The molecular weight excluding hydrogens is 260 g/mol. The molecule has 0 bridgehead atoms. The second-order valence-corrected chi connectivity index (χ2v) is 10.3. The molecule has 0 heterocycles. The van der Waals surface area contributed by atoms with Gasteiger partial charge in [-0.3, -0.25) is 0 Å². The molecule has 0 saturated heterocycles. The molecule has 0 N–H and O–H groups in total. The molecule has 0 saturated carbocycles. The van der Waals surface area contributed by atoms with Gasteiger partial charge in [0, 0.05) is 6.42 Å². The molecule has 1 nitrogen and oxygen atoms in total. The summed E-state index contributed by atoms with van der Waals surface area (Å²) in [7, 11) is -1.60. The minimum absolute atomic E-state index is 0.847. The van der Waals surface area contributed by atoms with Gasteiger partial charge in [-0.05, 0) is 36.8 Å². The summed E-state index contributed by atoms with van der Waals surface area (Å²) in [5, 5.41) is 0. The normalized spacial score (nSPS) is 12.2.